The highest BCUT2D eigenvalue weighted by Gasteiger charge is 2.27. The lowest BCUT2D eigenvalue weighted by Crippen LogP contribution is -2.43. The van der Waals surface area contributed by atoms with Crippen LogP contribution in [0, 0.1) is 0 Å². The summed E-state index contributed by atoms with van der Waals surface area (Å²) >= 11 is 0. The topological polar surface area (TPSA) is 121 Å². The van der Waals surface area contributed by atoms with Gasteiger partial charge in [0.2, 0.25) is 0 Å². The number of hydrogen-bond donors (Lipinski definition) is 3. The van der Waals surface area contributed by atoms with Crippen molar-refractivity contribution in [2.75, 3.05) is 13.2 Å². The van der Waals surface area contributed by atoms with Crippen LogP contribution in [0.4, 0.5) is 4.79 Å². The lowest BCUT2D eigenvalue weighted by atomic mass is 10.2. The molecule has 1 aliphatic rings. The second kappa shape index (κ2) is 6.33. The highest BCUT2D eigenvalue weighted by molar-refractivity contribution is 5.74. The van der Waals surface area contributed by atoms with Crippen LogP contribution in [0.15, 0.2) is 6.20 Å². The summed E-state index contributed by atoms with van der Waals surface area (Å²) in [4.78, 5) is 24.0. The van der Waals surface area contributed by atoms with Crippen LogP contribution in [-0.2, 0) is 17.9 Å². The number of nitrogens with one attached hydrogen (secondary N) is 1. The number of aliphatic carboxylic acids is 1. The lowest BCUT2D eigenvalue weighted by molar-refractivity contribution is -0.137. The molecular formula is C11H17N5O4. The third kappa shape index (κ3) is 3.44. The van der Waals surface area contributed by atoms with Gasteiger partial charge in [0.05, 0.1) is 25.4 Å². The maximum Gasteiger partial charge on any atom is 0.325 e. The number of rotatable bonds is 5. The zero-order chi connectivity index (χ0) is 14.5. The van der Waals surface area contributed by atoms with E-state index in [1.54, 1.807) is 4.90 Å². The number of aliphatic hydroxyl groups is 1. The minimum atomic E-state index is -1.01. The lowest BCUT2D eigenvalue weighted by Gasteiger charge is -2.22. The van der Waals surface area contributed by atoms with Gasteiger partial charge in [-0.05, 0) is 12.8 Å². The Hall–Kier alpha value is -2.16. The summed E-state index contributed by atoms with van der Waals surface area (Å²) in [6, 6.07) is -0.382. The first-order valence-electron chi connectivity index (χ1n) is 6.36. The first-order chi connectivity index (χ1) is 9.60. The molecule has 1 aromatic heterocycles. The van der Waals surface area contributed by atoms with Crippen LogP contribution in [0.25, 0.3) is 0 Å². The molecule has 0 aromatic carbocycles. The van der Waals surface area contributed by atoms with Gasteiger partial charge in [0.15, 0.2) is 0 Å². The summed E-state index contributed by atoms with van der Waals surface area (Å²) in [7, 11) is 0. The van der Waals surface area contributed by atoms with Crippen LogP contribution in [0.5, 0.6) is 0 Å². The summed E-state index contributed by atoms with van der Waals surface area (Å²) in [5.41, 5.74) is 0.486. The third-order valence-electron chi connectivity index (χ3n) is 3.15. The fourth-order valence-corrected chi connectivity index (χ4v) is 2.20. The molecule has 1 unspecified atom stereocenters. The number of carbonyl (C=O) groups excluding carboxylic acids is 1. The molecule has 9 heteroatoms. The number of urea groups is 1. The van der Waals surface area contributed by atoms with Crippen molar-refractivity contribution in [1.29, 1.82) is 0 Å². The number of amides is 2. The van der Waals surface area contributed by atoms with Crippen molar-refractivity contribution >= 4 is 12.0 Å². The Morgan fingerprint density at radius 3 is 3.00 bits per heavy atom. The minimum absolute atomic E-state index is 0.0395. The van der Waals surface area contributed by atoms with Gasteiger partial charge in [0.1, 0.15) is 12.2 Å². The van der Waals surface area contributed by atoms with Gasteiger partial charge in [-0.15, -0.1) is 5.10 Å². The standard InChI is InChI=1S/C11H17N5O4/c17-7-9-2-1-3-16(9)11(20)12-4-8-5-15(14-13-8)6-10(18)19/h5,9,17H,1-4,6-7H2,(H,12,20)(H,18,19). The van der Waals surface area contributed by atoms with E-state index in [1.165, 1.54) is 10.9 Å². The Labute approximate surface area is 115 Å². The van der Waals surface area contributed by atoms with E-state index in [9.17, 15) is 9.59 Å². The number of carboxylic acid groups (broad SMARTS) is 1. The summed E-state index contributed by atoms with van der Waals surface area (Å²) in [5.74, 6) is -1.01. The maximum absolute atomic E-state index is 11.9. The SMILES string of the molecule is O=C(O)Cn1cc(CNC(=O)N2CCCC2CO)nn1. The van der Waals surface area contributed by atoms with Crippen LogP contribution >= 0.6 is 0 Å². The second-order valence-corrected chi connectivity index (χ2v) is 4.63. The van der Waals surface area contributed by atoms with Crippen LogP contribution in [0.3, 0.4) is 0 Å². The molecule has 2 rings (SSSR count). The molecule has 2 amide bonds. The number of carbonyl (C=O) groups is 2. The molecule has 110 valence electrons. The van der Waals surface area contributed by atoms with Gasteiger partial charge in [0, 0.05) is 6.54 Å². The fraction of sp³-hybridized carbons (Fsp3) is 0.636. The molecule has 2 heterocycles. The van der Waals surface area contributed by atoms with E-state index >= 15 is 0 Å². The zero-order valence-corrected chi connectivity index (χ0v) is 10.9. The van der Waals surface area contributed by atoms with Gasteiger partial charge >= 0.3 is 12.0 Å². The van der Waals surface area contributed by atoms with Crippen molar-refractivity contribution in [3.05, 3.63) is 11.9 Å². The van der Waals surface area contributed by atoms with Crippen molar-refractivity contribution in [1.82, 2.24) is 25.2 Å². The number of hydrogen-bond acceptors (Lipinski definition) is 5. The van der Waals surface area contributed by atoms with E-state index in [4.69, 9.17) is 10.2 Å². The molecule has 9 nitrogen and oxygen atoms in total. The highest BCUT2D eigenvalue weighted by Crippen LogP contribution is 2.16. The summed E-state index contributed by atoms with van der Waals surface area (Å²) in [6.07, 6.45) is 3.16. The van der Waals surface area contributed by atoms with E-state index in [0.29, 0.717) is 12.2 Å². The molecule has 1 aromatic rings. The van der Waals surface area contributed by atoms with Crippen LogP contribution in [-0.4, -0.2) is 61.3 Å². The fourth-order valence-electron chi connectivity index (χ4n) is 2.20. The molecule has 0 spiro atoms. The van der Waals surface area contributed by atoms with Crippen molar-refractivity contribution in [3.63, 3.8) is 0 Å². The summed E-state index contributed by atoms with van der Waals surface area (Å²) in [5, 5.41) is 27.9. The average molecular weight is 283 g/mol. The molecule has 0 saturated carbocycles. The smallest absolute Gasteiger partial charge is 0.325 e. The number of aromatic nitrogens is 3. The first-order valence-corrected chi connectivity index (χ1v) is 6.36. The number of carboxylic acids is 1. The zero-order valence-electron chi connectivity index (χ0n) is 10.9. The van der Waals surface area contributed by atoms with Crippen LogP contribution < -0.4 is 5.32 Å². The molecule has 20 heavy (non-hydrogen) atoms. The highest BCUT2D eigenvalue weighted by atomic mass is 16.4. The molecule has 3 N–H and O–H groups in total. The van der Waals surface area contributed by atoms with Crippen LogP contribution in [0.2, 0.25) is 0 Å². The minimum Gasteiger partial charge on any atom is -0.480 e. The average Bonchev–Trinajstić information content (AvgIpc) is 3.03. The van der Waals surface area contributed by atoms with E-state index in [2.05, 4.69) is 15.6 Å². The molecule has 1 atom stereocenters. The third-order valence-corrected chi connectivity index (χ3v) is 3.15. The van der Waals surface area contributed by atoms with E-state index in [-0.39, 0.29) is 31.8 Å². The largest absolute Gasteiger partial charge is 0.480 e. The van der Waals surface area contributed by atoms with Crippen molar-refractivity contribution in [3.8, 4) is 0 Å². The molecule has 1 saturated heterocycles. The molecular weight excluding hydrogens is 266 g/mol. The van der Waals surface area contributed by atoms with Gasteiger partial charge in [-0.25, -0.2) is 9.48 Å². The van der Waals surface area contributed by atoms with E-state index in [1.807, 2.05) is 0 Å². The maximum atomic E-state index is 11.9. The molecule has 1 aliphatic heterocycles. The Kier molecular flexibility index (Phi) is 4.51. The Bertz CT molecular complexity index is 489. The Morgan fingerprint density at radius 1 is 1.50 bits per heavy atom. The van der Waals surface area contributed by atoms with Crippen molar-refractivity contribution in [2.45, 2.75) is 32.0 Å². The number of nitrogens with zero attached hydrogens (tertiary/aromatic N) is 4. The molecule has 1 fully saturated rings. The van der Waals surface area contributed by atoms with Crippen molar-refractivity contribution in [2.24, 2.45) is 0 Å². The van der Waals surface area contributed by atoms with Crippen molar-refractivity contribution < 1.29 is 19.8 Å². The number of likely N-dealkylation sites (tertiary alicyclic amines) is 1. The molecule has 0 radical (unpaired) electrons. The summed E-state index contributed by atoms with van der Waals surface area (Å²) in [6.45, 7) is 0.498. The van der Waals surface area contributed by atoms with Gasteiger partial charge in [0.25, 0.3) is 0 Å². The quantitative estimate of drug-likeness (QED) is 0.639. The predicted molar refractivity (Wildman–Crippen MR) is 66.7 cm³/mol. The number of aliphatic hydroxyl groups excluding tert-OH is 1. The molecule has 0 bridgehead atoms. The monoisotopic (exact) mass is 283 g/mol. The van der Waals surface area contributed by atoms with Gasteiger partial charge in [-0.1, -0.05) is 5.21 Å². The van der Waals surface area contributed by atoms with Crippen LogP contribution in [0.1, 0.15) is 18.5 Å². The van der Waals surface area contributed by atoms with Gasteiger partial charge in [-0.2, -0.15) is 0 Å². The molecule has 0 aliphatic carbocycles. The normalized spacial score (nSPS) is 18.2. The Morgan fingerprint density at radius 2 is 2.30 bits per heavy atom. The van der Waals surface area contributed by atoms with Gasteiger partial charge in [-0.3, -0.25) is 4.79 Å². The van der Waals surface area contributed by atoms with E-state index < -0.39 is 5.97 Å². The van der Waals surface area contributed by atoms with E-state index in [0.717, 1.165) is 12.8 Å². The van der Waals surface area contributed by atoms with Gasteiger partial charge < -0.3 is 20.4 Å². The summed E-state index contributed by atoms with van der Waals surface area (Å²) < 4.78 is 1.19. The Balaban J connectivity index is 1.84. The predicted octanol–water partition coefficient (Wildman–Crippen LogP) is -0.971. The second-order valence-electron chi connectivity index (χ2n) is 4.63. The first kappa shape index (κ1) is 14.3.